The van der Waals surface area contributed by atoms with Gasteiger partial charge in [0.2, 0.25) is 0 Å². The maximum atomic E-state index is 12.1. The maximum Gasteiger partial charge on any atom is 0.150 e. The Kier molecular flexibility index (Phi) is 5.05. The van der Waals surface area contributed by atoms with E-state index in [-0.39, 0.29) is 11.5 Å². The molecule has 0 saturated carbocycles. The molecule has 0 fully saturated rings. The molecule has 0 spiro atoms. The molecule has 98 valence electrons. The van der Waals surface area contributed by atoms with Gasteiger partial charge in [0.25, 0.3) is 0 Å². The van der Waals surface area contributed by atoms with Crippen molar-refractivity contribution in [1.29, 1.82) is 0 Å². The van der Waals surface area contributed by atoms with E-state index in [0.29, 0.717) is 11.3 Å². The standard InChI is InChI=1S/C15H13BrO2S/c16-13-7-4-8-15(10-13)19(18)11-14(17)9-12-5-2-1-3-6-12/h1-8,10H,9,11H2. The van der Waals surface area contributed by atoms with E-state index in [0.717, 1.165) is 10.0 Å². The van der Waals surface area contributed by atoms with Crippen LogP contribution in [0.3, 0.4) is 0 Å². The largest absolute Gasteiger partial charge is 0.298 e. The van der Waals surface area contributed by atoms with Gasteiger partial charge in [0.15, 0.2) is 0 Å². The minimum absolute atomic E-state index is 0.00971. The molecule has 2 aromatic rings. The monoisotopic (exact) mass is 336 g/mol. The van der Waals surface area contributed by atoms with Gasteiger partial charge in [0, 0.05) is 15.8 Å². The van der Waals surface area contributed by atoms with Gasteiger partial charge in [-0.2, -0.15) is 0 Å². The van der Waals surface area contributed by atoms with E-state index in [9.17, 15) is 9.00 Å². The van der Waals surface area contributed by atoms with Gasteiger partial charge < -0.3 is 0 Å². The van der Waals surface area contributed by atoms with Crippen LogP contribution in [0.25, 0.3) is 0 Å². The zero-order valence-corrected chi connectivity index (χ0v) is 12.6. The molecule has 0 aliphatic heterocycles. The number of rotatable bonds is 5. The first-order valence-corrected chi connectivity index (χ1v) is 7.96. The summed E-state index contributed by atoms with van der Waals surface area (Å²) in [6, 6.07) is 16.8. The highest BCUT2D eigenvalue weighted by molar-refractivity contribution is 9.10. The second-order valence-electron chi connectivity index (χ2n) is 4.15. The molecule has 19 heavy (non-hydrogen) atoms. The first-order valence-electron chi connectivity index (χ1n) is 5.85. The highest BCUT2D eigenvalue weighted by Crippen LogP contribution is 2.15. The summed E-state index contributed by atoms with van der Waals surface area (Å²) in [5, 5.41) is 0. The predicted molar refractivity (Wildman–Crippen MR) is 80.6 cm³/mol. The number of benzene rings is 2. The molecule has 0 amide bonds. The Morgan fingerprint density at radius 1 is 1.05 bits per heavy atom. The normalized spacial score (nSPS) is 12.1. The van der Waals surface area contributed by atoms with Gasteiger partial charge in [-0.3, -0.25) is 9.00 Å². The Balaban J connectivity index is 1.98. The summed E-state index contributed by atoms with van der Waals surface area (Å²) in [6.45, 7) is 0. The van der Waals surface area contributed by atoms with Gasteiger partial charge in [-0.05, 0) is 23.8 Å². The van der Waals surface area contributed by atoms with E-state index in [1.807, 2.05) is 42.5 Å². The Morgan fingerprint density at radius 3 is 2.47 bits per heavy atom. The summed E-state index contributed by atoms with van der Waals surface area (Å²) < 4.78 is 12.9. The lowest BCUT2D eigenvalue weighted by atomic mass is 10.1. The van der Waals surface area contributed by atoms with E-state index in [1.165, 1.54) is 0 Å². The number of carbonyl (C=O) groups excluding carboxylic acids is 1. The van der Waals surface area contributed by atoms with Crippen LogP contribution in [0.4, 0.5) is 0 Å². The first-order chi connectivity index (χ1) is 9.15. The van der Waals surface area contributed by atoms with E-state index in [1.54, 1.807) is 12.1 Å². The van der Waals surface area contributed by atoms with Crippen molar-refractivity contribution in [2.45, 2.75) is 11.3 Å². The van der Waals surface area contributed by atoms with Crippen LogP contribution in [0.1, 0.15) is 5.56 Å². The molecule has 0 radical (unpaired) electrons. The van der Waals surface area contributed by atoms with Crippen LogP contribution in [0.15, 0.2) is 64.0 Å². The summed E-state index contributed by atoms with van der Waals surface area (Å²) >= 11 is 3.33. The molecule has 1 unspecified atom stereocenters. The van der Waals surface area contributed by atoms with Crippen LogP contribution in [-0.4, -0.2) is 15.7 Å². The van der Waals surface area contributed by atoms with E-state index < -0.39 is 10.8 Å². The van der Waals surface area contributed by atoms with Gasteiger partial charge in [-0.25, -0.2) is 0 Å². The molecule has 4 heteroatoms. The molecule has 0 heterocycles. The molecule has 0 N–H and O–H groups in total. The zero-order valence-electron chi connectivity index (χ0n) is 10.2. The minimum atomic E-state index is -1.28. The Bertz CT molecular complexity index is 596. The van der Waals surface area contributed by atoms with E-state index in [2.05, 4.69) is 15.9 Å². The van der Waals surface area contributed by atoms with Crippen LogP contribution in [0.5, 0.6) is 0 Å². The van der Waals surface area contributed by atoms with Crippen molar-refractivity contribution in [2.75, 3.05) is 5.75 Å². The summed E-state index contributed by atoms with van der Waals surface area (Å²) in [5.41, 5.74) is 0.957. The predicted octanol–water partition coefficient (Wildman–Crippen LogP) is 3.37. The quantitative estimate of drug-likeness (QED) is 0.838. The van der Waals surface area contributed by atoms with Crippen molar-refractivity contribution in [3.05, 3.63) is 64.6 Å². The third kappa shape index (κ3) is 4.40. The molecular formula is C15H13BrO2S. The lowest BCUT2D eigenvalue weighted by Gasteiger charge is -2.03. The highest BCUT2D eigenvalue weighted by atomic mass is 79.9. The van der Waals surface area contributed by atoms with E-state index in [4.69, 9.17) is 0 Å². The van der Waals surface area contributed by atoms with Crippen molar-refractivity contribution < 1.29 is 9.00 Å². The summed E-state index contributed by atoms with van der Waals surface area (Å²) in [5.74, 6) is 0.0511. The lowest BCUT2D eigenvalue weighted by molar-refractivity contribution is -0.116. The lowest BCUT2D eigenvalue weighted by Crippen LogP contribution is -2.13. The maximum absolute atomic E-state index is 12.1. The van der Waals surface area contributed by atoms with Crippen LogP contribution in [-0.2, 0) is 22.0 Å². The number of hydrogen-bond donors (Lipinski definition) is 0. The smallest absolute Gasteiger partial charge is 0.150 e. The van der Waals surface area contributed by atoms with Crippen molar-refractivity contribution >= 4 is 32.5 Å². The average Bonchev–Trinajstić information content (AvgIpc) is 2.39. The van der Waals surface area contributed by atoms with Crippen molar-refractivity contribution in [1.82, 2.24) is 0 Å². The fourth-order valence-corrected chi connectivity index (χ4v) is 3.31. The van der Waals surface area contributed by atoms with E-state index >= 15 is 0 Å². The number of ketones is 1. The third-order valence-corrected chi connectivity index (χ3v) is 4.45. The fourth-order valence-electron chi connectivity index (χ4n) is 1.71. The molecule has 0 aromatic heterocycles. The molecule has 0 bridgehead atoms. The topological polar surface area (TPSA) is 34.1 Å². The van der Waals surface area contributed by atoms with Crippen molar-refractivity contribution in [3.63, 3.8) is 0 Å². The van der Waals surface area contributed by atoms with Crippen LogP contribution in [0, 0.1) is 0 Å². The number of Topliss-reactive ketones (excluding diaryl/α,β-unsaturated/α-hetero) is 1. The van der Waals surface area contributed by atoms with Crippen LogP contribution >= 0.6 is 15.9 Å². The average molecular weight is 337 g/mol. The molecule has 0 aliphatic carbocycles. The Morgan fingerprint density at radius 2 is 1.79 bits per heavy atom. The Labute approximate surface area is 123 Å². The summed E-state index contributed by atoms with van der Waals surface area (Å²) in [7, 11) is -1.28. The second-order valence-corrected chi connectivity index (χ2v) is 6.52. The Hall–Kier alpha value is -1.26. The van der Waals surface area contributed by atoms with Gasteiger partial charge in [0.1, 0.15) is 5.78 Å². The molecular weight excluding hydrogens is 324 g/mol. The second kappa shape index (κ2) is 6.78. The molecule has 2 aromatic carbocycles. The van der Waals surface area contributed by atoms with Crippen LogP contribution in [0.2, 0.25) is 0 Å². The highest BCUT2D eigenvalue weighted by Gasteiger charge is 2.11. The van der Waals surface area contributed by atoms with Crippen LogP contribution < -0.4 is 0 Å². The summed E-state index contributed by atoms with van der Waals surface area (Å²) in [4.78, 5) is 12.6. The van der Waals surface area contributed by atoms with Crippen molar-refractivity contribution in [2.24, 2.45) is 0 Å². The van der Waals surface area contributed by atoms with Gasteiger partial charge in [-0.1, -0.05) is 52.3 Å². The van der Waals surface area contributed by atoms with Crippen molar-refractivity contribution in [3.8, 4) is 0 Å². The fraction of sp³-hybridized carbons (Fsp3) is 0.133. The van der Waals surface area contributed by atoms with Gasteiger partial charge in [0.05, 0.1) is 16.6 Å². The molecule has 2 nitrogen and oxygen atoms in total. The number of halogens is 1. The molecule has 2 rings (SSSR count). The third-order valence-electron chi connectivity index (χ3n) is 2.60. The first kappa shape index (κ1) is 14.2. The van der Waals surface area contributed by atoms with Gasteiger partial charge >= 0.3 is 0 Å². The molecule has 0 saturated heterocycles. The molecule has 1 atom stereocenters. The SMILES string of the molecule is O=C(Cc1ccccc1)CS(=O)c1cccc(Br)c1. The number of hydrogen-bond acceptors (Lipinski definition) is 2. The van der Waals surface area contributed by atoms with Gasteiger partial charge in [-0.15, -0.1) is 0 Å². The number of carbonyl (C=O) groups is 1. The minimum Gasteiger partial charge on any atom is -0.298 e. The zero-order chi connectivity index (χ0) is 13.7. The molecule has 0 aliphatic rings. The summed E-state index contributed by atoms with van der Waals surface area (Å²) in [6.07, 6.45) is 0.334.